The highest BCUT2D eigenvalue weighted by molar-refractivity contribution is 5.83. The number of hydrogen-bond acceptors (Lipinski definition) is 3. The Bertz CT molecular complexity index is 652. The normalized spacial score (nSPS) is 26.9. The van der Waals surface area contributed by atoms with Crippen molar-refractivity contribution in [3.63, 3.8) is 0 Å². The maximum atomic E-state index is 12.9. The highest BCUT2D eigenvalue weighted by Gasteiger charge is 2.38. The van der Waals surface area contributed by atoms with Gasteiger partial charge in [-0.1, -0.05) is 0 Å². The third-order valence-corrected chi connectivity index (χ3v) is 5.89. The lowest BCUT2D eigenvalue weighted by atomic mass is 9.96. The first-order valence-corrected chi connectivity index (χ1v) is 9.65. The van der Waals surface area contributed by atoms with Crippen LogP contribution in [0.1, 0.15) is 37.7 Å². The molecule has 1 aromatic heterocycles. The van der Waals surface area contributed by atoms with Crippen molar-refractivity contribution < 1.29 is 9.59 Å². The molecule has 1 aromatic rings. The van der Waals surface area contributed by atoms with E-state index in [2.05, 4.69) is 11.3 Å². The van der Waals surface area contributed by atoms with E-state index < -0.39 is 0 Å². The maximum Gasteiger partial charge on any atom is 0.227 e. The third kappa shape index (κ3) is 3.72. The minimum absolute atomic E-state index is 0.00796. The number of carbonyl (C=O) groups excluding carboxylic acids is 2. The average molecular weight is 344 g/mol. The molecule has 0 radical (unpaired) electrons. The molecule has 6 nitrogen and oxygen atoms in total. The van der Waals surface area contributed by atoms with Gasteiger partial charge < -0.3 is 9.80 Å². The SMILES string of the molecule is Cn1cc(C[C@H]2CCN(C(=O)[C@H]3CCCN(C(=O)C4CC4)C3)C2)cn1. The number of piperidine rings is 1. The third-order valence-electron chi connectivity index (χ3n) is 5.89. The van der Waals surface area contributed by atoms with Crippen LogP contribution in [0.5, 0.6) is 0 Å². The molecule has 0 bridgehead atoms. The fraction of sp³-hybridized carbons (Fsp3) is 0.737. The van der Waals surface area contributed by atoms with Gasteiger partial charge in [0.15, 0.2) is 0 Å². The molecular weight excluding hydrogens is 316 g/mol. The van der Waals surface area contributed by atoms with Crippen LogP contribution in [-0.4, -0.2) is 57.6 Å². The largest absolute Gasteiger partial charge is 0.342 e. The number of amides is 2. The van der Waals surface area contributed by atoms with Crippen molar-refractivity contribution in [1.29, 1.82) is 0 Å². The number of nitrogens with zero attached hydrogens (tertiary/aromatic N) is 4. The van der Waals surface area contributed by atoms with Crippen LogP contribution in [0.4, 0.5) is 0 Å². The molecule has 2 atom stereocenters. The van der Waals surface area contributed by atoms with Crippen molar-refractivity contribution in [3.05, 3.63) is 18.0 Å². The Morgan fingerprint density at radius 1 is 1.04 bits per heavy atom. The maximum absolute atomic E-state index is 12.9. The first-order chi connectivity index (χ1) is 12.1. The van der Waals surface area contributed by atoms with E-state index in [1.807, 2.05) is 27.7 Å². The second-order valence-corrected chi connectivity index (χ2v) is 8.06. The van der Waals surface area contributed by atoms with Gasteiger partial charge in [0.2, 0.25) is 11.8 Å². The Kier molecular flexibility index (Phi) is 4.52. The average Bonchev–Trinajstić information content (AvgIpc) is 3.24. The van der Waals surface area contributed by atoms with E-state index in [0.29, 0.717) is 12.5 Å². The Labute approximate surface area is 149 Å². The number of aryl methyl sites for hydroxylation is 1. The molecule has 2 aliphatic heterocycles. The number of aromatic nitrogens is 2. The van der Waals surface area contributed by atoms with E-state index in [0.717, 1.165) is 58.2 Å². The summed E-state index contributed by atoms with van der Waals surface area (Å²) in [5.74, 6) is 1.34. The van der Waals surface area contributed by atoms with Crippen molar-refractivity contribution in [2.75, 3.05) is 26.2 Å². The zero-order valence-corrected chi connectivity index (χ0v) is 15.1. The lowest BCUT2D eigenvalue weighted by Gasteiger charge is -2.34. The van der Waals surface area contributed by atoms with Gasteiger partial charge in [-0.3, -0.25) is 14.3 Å². The zero-order valence-electron chi connectivity index (χ0n) is 15.1. The van der Waals surface area contributed by atoms with Crippen LogP contribution in [0.25, 0.3) is 0 Å². The Hall–Kier alpha value is -1.85. The smallest absolute Gasteiger partial charge is 0.227 e. The van der Waals surface area contributed by atoms with Gasteiger partial charge in [0.05, 0.1) is 12.1 Å². The molecule has 2 saturated heterocycles. The van der Waals surface area contributed by atoms with E-state index in [-0.39, 0.29) is 23.7 Å². The standard InChI is InChI=1S/C19H28N4O2/c1-21-11-15(10-20-21)9-14-6-8-23(12-14)19(25)17-3-2-7-22(13-17)18(24)16-4-5-16/h10-11,14,16-17H,2-9,12-13H2,1H3/t14-,17+/m1/s1. The highest BCUT2D eigenvalue weighted by atomic mass is 16.2. The quantitative estimate of drug-likeness (QED) is 0.831. The molecule has 136 valence electrons. The summed E-state index contributed by atoms with van der Waals surface area (Å²) in [5.41, 5.74) is 1.25. The monoisotopic (exact) mass is 344 g/mol. The summed E-state index contributed by atoms with van der Waals surface area (Å²) in [4.78, 5) is 29.2. The molecule has 3 aliphatic rings. The summed E-state index contributed by atoms with van der Waals surface area (Å²) in [5, 5.41) is 4.23. The molecule has 0 N–H and O–H groups in total. The van der Waals surface area contributed by atoms with Crippen LogP contribution in [0.2, 0.25) is 0 Å². The van der Waals surface area contributed by atoms with Gasteiger partial charge in [0.25, 0.3) is 0 Å². The summed E-state index contributed by atoms with van der Waals surface area (Å²) in [6.07, 6.45) is 10.0. The molecule has 0 aromatic carbocycles. The molecule has 1 saturated carbocycles. The van der Waals surface area contributed by atoms with E-state index in [9.17, 15) is 9.59 Å². The van der Waals surface area contributed by atoms with Crippen molar-refractivity contribution in [2.45, 2.75) is 38.5 Å². The van der Waals surface area contributed by atoms with Crippen LogP contribution in [0.15, 0.2) is 12.4 Å². The van der Waals surface area contributed by atoms with Crippen molar-refractivity contribution >= 4 is 11.8 Å². The van der Waals surface area contributed by atoms with E-state index >= 15 is 0 Å². The van der Waals surface area contributed by atoms with Crippen LogP contribution < -0.4 is 0 Å². The fourth-order valence-electron chi connectivity index (χ4n) is 4.34. The van der Waals surface area contributed by atoms with Gasteiger partial charge in [-0.25, -0.2) is 0 Å². The number of carbonyl (C=O) groups is 2. The fourth-order valence-corrected chi connectivity index (χ4v) is 4.34. The molecule has 1 aliphatic carbocycles. The number of hydrogen-bond donors (Lipinski definition) is 0. The first-order valence-electron chi connectivity index (χ1n) is 9.65. The molecule has 0 spiro atoms. The van der Waals surface area contributed by atoms with Crippen LogP contribution in [0.3, 0.4) is 0 Å². The van der Waals surface area contributed by atoms with Crippen molar-refractivity contribution in [1.82, 2.24) is 19.6 Å². The zero-order chi connectivity index (χ0) is 17.4. The van der Waals surface area contributed by atoms with Crippen LogP contribution in [0, 0.1) is 17.8 Å². The minimum Gasteiger partial charge on any atom is -0.342 e. The van der Waals surface area contributed by atoms with Gasteiger partial charge in [-0.05, 0) is 50.0 Å². The van der Waals surface area contributed by atoms with E-state index in [1.54, 1.807) is 0 Å². The minimum atomic E-state index is 0.00796. The van der Waals surface area contributed by atoms with Gasteiger partial charge in [-0.15, -0.1) is 0 Å². The summed E-state index contributed by atoms with van der Waals surface area (Å²) < 4.78 is 1.83. The molecule has 3 fully saturated rings. The van der Waals surface area contributed by atoms with Gasteiger partial charge in [0, 0.05) is 45.3 Å². The first kappa shape index (κ1) is 16.6. The van der Waals surface area contributed by atoms with Gasteiger partial charge in [-0.2, -0.15) is 5.10 Å². The molecule has 2 amide bonds. The van der Waals surface area contributed by atoms with E-state index in [4.69, 9.17) is 0 Å². The Morgan fingerprint density at radius 3 is 2.52 bits per heavy atom. The summed E-state index contributed by atoms with van der Waals surface area (Å²) in [6.45, 7) is 3.18. The molecule has 6 heteroatoms. The molecule has 0 unspecified atom stereocenters. The highest BCUT2D eigenvalue weighted by Crippen LogP contribution is 2.33. The van der Waals surface area contributed by atoms with Crippen molar-refractivity contribution in [3.8, 4) is 0 Å². The Balaban J connectivity index is 1.31. The molecule has 25 heavy (non-hydrogen) atoms. The number of rotatable bonds is 4. The van der Waals surface area contributed by atoms with Gasteiger partial charge in [0.1, 0.15) is 0 Å². The summed E-state index contributed by atoms with van der Waals surface area (Å²) in [7, 11) is 1.94. The van der Waals surface area contributed by atoms with Gasteiger partial charge >= 0.3 is 0 Å². The topological polar surface area (TPSA) is 58.4 Å². The molecular formula is C19H28N4O2. The van der Waals surface area contributed by atoms with Crippen molar-refractivity contribution in [2.24, 2.45) is 24.8 Å². The lowest BCUT2D eigenvalue weighted by molar-refractivity contribution is -0.140. The van der Waals surface area contributed by atoms with Crippen LogP contribution in [-0.2, 0) is 23.1 Å². The lowest BCUT2D eigenvalue weighted by Crippen LogP contribution is -2.46. The predicted octanol–water partition coefficient (Wildman–Crippen LogP) is 1.46. The Morgan fingerprint density at radius 2 is 1.80 bits per heavy atom. The molecule has 4 rings (SSSR count). The number of likely N-dealkylation sites (tertiary alicyclic amines) is 2. The second kappa shape index (κ2) is 6.81. The van der Waals surface area contributed by atoms with Crippen LogP contribution >= 0.6 is 0 Å². The second-order valence-electron chi connectivity index (χ2n) is 8.06. The predicted molar refractivity (Wildman–Crippen MR) is 93.6 cm³/mol. The van der Waals surface area contributed by atoms with E-state index in [1.165, 1.54) is 5.56 Å². The summed E-state index contributed by atoms with van der Waals surface area (Å²) >= 11 is 0. The summed E-state index contributed by atoms with van der Waals surface area (Å²) in [6, 6.07) is 0. The molecule has 3 heterocycles.